The lowest BCUT2D eigenvalue weighted by Crippen LogP contribution is -2.11. The number of hydrogen-bond donors (Lipinski definition) is 1. The van der Waals surface area contributed by atoms with E-state index in [0.29, 0.717) is 16.1 Å². The minimum absolute atomic E-state index is 0.233. The molecule has 0 saturated heterocycles. The van der Waals surface area contributed by atoms with E-state index in [1.807, 2.05) is 36.7 Å². The molecule has 0 radical (unpaired) electrons. The number of benzene rings is 1. The van der Waals surface area contributed by atoms with Crippen molar-refractivity contribution in [1.82, 2.24) is 9.78 Å². The van der Waals surface area contributed by atoms with Crippen LogP contribution >= 0.6 is 11.3 Å². The Morgan fingerprint density at radius 2 is 2.00 bits per heavy atom. The molecule has 1 aromatic carbocycles. The molecule has 5 nitrogen and oxygen atoms in total. The summed E-state index contributed by atoms with van der Waals surface area (Å²) < 4.78 is 1.84. The van der Waals surface area contributed by atoms with Gasteiger partial charge in [0.1, 0.15) is 11.1 Å². The highest BCUT2D eigenvalue weighted by Gasteiger charge is 2.11. The van der Waals surface area contributed by atoms with Crippen LogP contribution < -0.4 is 5.32 Å². The lowest BCUT2D eigenvalue weighted by atomic mass is 10.2. The van der Waals surface area contributed by atoms with E-state index < -0.39 is 0 Å². The number of carbonyl (C=O) groups is 1. The second-order valence-corrected chi connectivity index (χ2v) is 6.03. The monoisotopic (exact) mass is 322 g/mol. The van der Waals surface area contributed by atoms with Crippen LogP contribution in [0.4, 0.5) is 5.00 Å². The van der Waals surface area contributed by atoms with Crippen LogP contribution in [0.3, 0.4) is 0 Å². The molecule has 0 bridgehead atoms. The van der Waals surface area contributed by atoms with Gasteiger partial charge in [-0.05, 0) is 55.6 Å². The molecule has 0 fully saturated rings. The number of anilines is 1. The van der Waals surface area contributed by atoms with Crippen molar-refractivity contribution >= 4 is 22.2 Å². The lowest BCUT2D eigenvalue weighted by molar-refractivity contribution is 0.102. The third kappa shape index (κ3) is 3.00. The van der Waals surface area contributed by atoms with Crippen LogP contribution in [0.1, 0.15) is 27.3 Å². The number of nitrogens with zero attached hydrogens (tertiary/aromatic N) is 3. The Morgan fingerprint density at radius 1 is 1.26 bits per heavy atom. The number of nitrogens with one attached hydrogen (secondary N) is 1. The Balaban J connectivity index is 1.81. The van der Waals surface area contributed by atoms with Gasteiger partial charge < -0.3 is 5.32 Å². The molecule has 0 aliphatic carbocycles. The van der Waals surface area contributed by atoms with Gasteiger partial charge >= 0.3 is 0 Å². The molecule has 0 aliphatic rings. The van der Waals surface area contributed by atoms with E-state index in [4.69, 9.17) is 5.26 Å². The van der Waals surface area contributed by atoms with Crippen LogP contribution in [-0.2, 0) is 0 Å². The predicted molar refractivity (Wildman–Crippen MR) is 90.0 cm³/mol. The zero-order valence-corrected chi connectivity index (χ0v) is 13.5. The maximum Gasteiger partial charge on any atom is 0.256 e. The van der Waals surface area contributed by atoms with Gasteiger partial charge in [0, 0.05) is 11.3 Å². The number of hydrogen-bond acceptors (Lipinski definition) is 4. The fraction of sp³-hybridized carbons (Fsp3) is 0.118. The molecular weight excluding hydrogens is 308 g/mol. The van der Waals surface area contributed by atoms with Crippen LogP contribution in [0.25, 0.3) is 5.69 Å². The van der Waals surface area contributed by atoms with Crippen molar-refractivity contribution in [3.8, 4) is 11.8 Å². The van der Waals surface area contributed by atoms with Gasteiger partial charge in [0.05, 0.1) is 16.9 Å². The third-order valence-electron chi connectivity index (χ3n) is 3.40. The van der Waals surface area contributed by atoms with E-state index in [9.17, 15) is 4.79 Å². The second-order valence-electron chi connectivity index (χ2n) is 5.12. The van der Waals surface area contributed by atoms with Crippen molar-refractivity contribution in [2.45, 2.75) is 13.8 Å². The van der Waals surface area contributed by atoms with Gasteiger partial charge in [-0.3, -0.25) is 4.79 Å². The van der Waals surface area contributed by atoms with E-state index in [1.54, 1.807) is 23.6 Å². The third-order valence-corrected chi connectivity index (χ3v) is 4.23. The Morgan fingerprint density at radius 3 is 2.61 bits per heavy atom. The first-order valence-corrected chi connectivity index (χ1v) is 7.89. The number of aromatic nitrogens is 2. The van der Waals surface area contributed by atoms with Crippen molar-refractivity contribution in [2.75, 3.05) is 5.32 Å². The Labute approximate surface area is 137 Å². The Hall–Kier alpha value is -2.91. The maximum absolute atomic E-state index is 12.3. The number of aryl methyl sites for hydroxylation is 2. The van der Waals surface area contributed by atoms with Crippen LogP contribution in [0, 0.1) is 25.2 Å². The first-order valence-electron chi connectivity index (χ1n) is 7.01. The number of rotatable bonds is 3. The summed E-state index contributed by atoms with van der Waals surface area (Å²) in [5.41, 5.74) is 3.90. The molecule has 1 amide bonds. The molecule has 0 atom stereocenters. The lowest BCUT2D eigenvalue weighted by Gasteiger charge is -2.07. The van der Waals surface area contributed by atoms with Crippen molar-refractivity contribution < 1.29 is 4.79 Å². The van der Waals surface area contributed by atoms with Crippen LogP contribution in [-0.4, -0.2) is 15.7 Å². The number of amides is 1. The van der Waals surface area contributed by atoms with E-state index in [1.165, 1.54) is 11.3 Å². The molecule has 0 unspecified atom stereocenters. The number of thiophene rings is 1. The zero-order valence-electron chi connectivity index (χ0n) is 12.7. The van der Waals surface area contributed by atoms with Gasteiger partial charge in [-0.1, -0.05) is 0 Å². The van der Waals surface area contributed by atoms with Gasteiger partial charge in [0.15, 0.2) is 0 Å². The average Bonchev–Trinajstić information content (AvgIpc) is 3.13. The molecule has 6 heteroatoms. The van der Waals surface area contributed by atoms with Crippen molar-refractivity contribution in [2.24, 2.45) is 0 Å². The summed E-state index contributed by atoms with van der Waals surface area (Å²) in [5, 5.41) is 18.5. The number of carbonyl (C=O) groups excluding carboxylic acids is 1. The standard InChI is InChI=1S/C17H14N4OS/c1-11-9-12(2)21(20-11)15-5-3-13(4-6-15)16(22)19-17-14(10-18)7-8-23-17/h3-9H,1-2H3,(H,19,22). The summed E-state index contributed by atoms with van der Waals surface area (Å²) in [7, 11) is 0. The van der Waals surface area contributed by atoms with Crippen molar-refractivity contribution in [3.63, 3.8) is 0 Å². The van der Waals surface area contributed by atoms with Gasteiger partial charge in [-0.15, -0.1) is 11.3 Å². The SMILES string of the molecule is Cc1cc(C)n(-c2ccc(C(=O)Nc3sccc3C#N)cc2)n1. The molecule has 3 aromatic rings. The van der Waals surface area contributed by atoms with Gasteiger partial charge in [0.2, 0.25) is 0 Å². The number of nitriles is 1. The molecule has 23 heavy (non-hydrogen) atoms. The highest BCUT2D eigenvalue weighted by Crippen LogP contribution is 2.23. The molecular formula is C17H14N4OS. The fourth-order valence-corrected chi connectivity index (χ4v) is 3.05. The first-order chi connectivity index (χ1) is 11.1. The molecule has 0 aliphatic heterocycles. The summed E-state index contributed by atoms with van der Waals surface area (Å²) in [4.78, 5) is 12.3. The maximum atomic E-state index is 12.3. The topological polar surface area (TPSA) is 70.7 Å². The molecule has 114 valence electrons. The van der Waals surface area contributed by atoms with Crippen molar-refractivity contribution in [1.29, 1.82) is 5.26 Å². The molecule has 3 rings (SSSR count). The van der Waals surface area contributed by atoms with Crippen molar-refractivity contribution in [3.05, 3.63) is 64.3 Å². The Bertz CT molecular complexity index is 900. The predicted octanol–water partition coefficient (Wildman–Crippen LogP) is 3.67. The highest BCUT2D eigenvalue weighted by molar-refractivity contribution is 7.14. The van der Waals surface area contributed by atoms with Crippen LogP contribution in [0.15, 0.2) is 41.8 Å². The summed E-state index contributed by atoms with van der Waals surface area (Å²) >= 11 is 1.33. The quantitative estimate of drug-likeness (QED) is 0.799. The molecule has 0 saturated carbocycles. The Kier molecular flexibility index (Phi) is 3.96. The van der Waals surface area contributed by atoms with Gasteiger partial charge in [0.25, 0.3) is 5.91 Å². The zero-order chi connectivity index (χ0) is 16.4. The fourth-order valence-electron chi connectivity index (χ4n) is 2.31. The normalized spacial score (nSPS) is 10.3. The van der Waals surface area contributed by atoms with Gasteiger partial charge in [-0.25, -0.2) is 4.68 Å². The highest BCUT2D eigenvalue weighted by atomic mass is 32.1. The minimum Gasteiger partial charge on any atom is -0.312 e. The van der Waals surface area contributed by atoms with E-state index in [2.05, 4.69) is 16.5 Å². The summed E-state index contributed by atoms with van der Waals surface area (Å²) in [6.07, 6.45) is 0. The summed E-state index contributed by atoms with van der Waals surface area (Å²) in [6.45, 7) is 3.93. The van der Waals surface area contributed by atoms with E-state index >= 15 is 0 Å². The van der Waals surface area contributed by atoms with E-state index in [0.717, 1.165) is 17.1 Å². The average molecular weight is 322 g/mol. The molecule has 2 heterocycles. The van der Waals surface area contributed by atoms with Crippen LogP contribution in [0.5, 0.6) is 0 Å². The minimum atomic E-state index is -0.233. The van der Waals surface area contributed by atoms with E-state index in [-0.39, 0.29) is 5.91 Å². The molecule has 2 aromatic heterocycles. The smallest absolute Gasteiger partial charge is 0.256 e. The van der Waals surface area contributed by atoms with Crippen LogP contribution in [0.2, 0.25) is 0 Å². The summed E-state index contributed by atoms with van der Waals surface area (Å²) in [6, 6.07) is 13.0. The molecule has 1 N–H and O–H groups in total. The summed E-state index contributed by atoms with van der Waals surface area (Å²) in [5.74, 6) is -0.233. The first kappa shape index (κ1) is 15.0. The second kappa shape index (κ2) is 6.07. The van der Waals surface area contributed by atoms with Gasteiger partial charge in [-0.2, -0.15) is 10.4 Å². The molecule has 0 spiro atoms. The largest absolute Gasteiger partial charge is 0.312 e.